The quantitative estimate of drug-likeness (QED) is 0.536. The fourth-order valence-electron chi connectivity index (χ4n) is 2.54. The van der Waals surface area contributed by atoms with E-state index < -0.39 is 10.0 Å². The highest BCUT2D eigenvalue weighted by Crippen LogP contribution is 2.16. The Labute approximate surface area is 174 Å². The summed E-state index contributed by atoms with van der Waals surface area (Å²) >= 11 is 5.98. The molecule has 2 N–H and O–H groups in total. The monoisotopic (exact) mass is 430 g/mol. The topological polar surface area (TPSA) is 93.1 Å². The largest absolute Gasteiger partial charge is 0.322 e. The van der Waals surface area contributed by atoms with Crippen molar-refractivity contribution in [2.45, 2.75) is 5.75 Å². The van der Waals surface area contributed by atoms with Crippen molar-refractivity contribution in [2.24, 2.45) is 0 Å². The zero-order valence-corrected chi connectivity index (χ0v) is 16.9. The van der Waals surface area contributed by atoms with Gasteiger partial charge >= 0.3 is 0 Å². The van der Waals surface area contributed by atoms with Gasteiger partial charge in [0, 0.05) is 23.5 Å². The number of anilines is 1. The summed E-state index contributed by atoms with van der Waals surface area (Å²) in [7, 11) is -3.43. The summed E-state index contributed by atoms with van der Waals surface area (Å²) in [4.78, 5) is 12.5. The zero-order chi connectivity index (χ0) is 20.9. The van der Waals surface area contributed by atoms with E-state index in [-0.39, 0.29) is 18.2 Å². The first-order chi connectivity index (χ1) is 13.9. The van der Waals surface area contributed by atoms with Crippen molar-refractivity contribution in [2.75, 3.05) is 11.9 Å². The van der Waals surface area contributed by atoms with E-state index in [9.17, 15) is 13.2 Å². The van der Waals surface area contributed by atoms with E-state index in [1.165, 1.54) is 12.3 Å². The lowest BCUT2D eigenvalue weighted by Gasteiger charge is -2.07. The molecule has 0 bridgehead atoms. The predicted molar refractivity (Wildman–Crippen MR) is 114 cm³/mol. The highest BCUT2D eigenvalue weighted by molar-refractivity contribution is 7.88. The number of amides is 1. The van der Waals surface area contributed by atoms with E-state index in [0.29, 0.717) is 21.8 Å². The average molecular weight is 431 g/mol. The van der Waals surface area contributed by atoms with E-state index in [4.69, 9.17) is 11.6 Å². The summed E-state index contributed by atoms with van der Waals surface area (Å²) in [5.74, 6) is -0.479. The molecule has 0 spiro atoms. The molecule has 0 radical (unpaired) electrons. The van der Waals surface area contributed by atoms with Gasteiger partial charge in [0.15, 0.2) is 0 Å². The Kier molecular flexibility index (Phi) is 6.48. The Hall–Kier alpha value is -2.94. The molecule has 2 aromatic carbocycles. The zero-order valence-electron chi connectivity index (χ0n) is 15.4. The van der Waals surface area contributed by atoms with E-state index in [1.54, 1.807) is 53.3 Å². The first-order valence-corrected chi connectivity index (χ1v) is 10.7. The smallest absolute Gasteiger partial charge is 0.258 e. The molecule has 0 aliphatic heterocycles. The van der Waals surface area contributed by atoms with Crippen LogP contribution in [-0.2, 0) is 15.8 Å². The molecule has 3 aromatic rings. The van der Waals surface area contributed by atoms with Crippen LogP contribution in [0.25, 0.3) is 5.69 Å². The van der Waals surface area contributed by atoms with Crippen LogP contribution in [0.3, 0.4) is 0 Å². The molecule has 0 saturated heterocycles. The lowest BCUT2D eigenvalue weighted by atomic mass is 10.2. The van der Waals surface area contributed by atoms with Crippen LogP contribution in [0.15, 0.2) is 73.6 Å². The number of nitrogens with zero attached hydrogens (tertiary/aromatic N) is 2. The van der Waals surface area contributed by atoms with Crippen LogP contribution in [0.1, 0.15) is 15.9 Å². The van der Waals surface area contributed by atoms with E-state index in [1.807, 2.05) is 6.07 Å². The Morgan fingerprint density at radius 1 is 1.21 bits per heavy atom. The SMILES string of the molecule is C=CCNS(=O)(=O)Cc1ccc(NC(=O)c2cnn(-c3cccc(Cl)c3)c2)cc1. The highest BCUT2D eigenvalue weighted by Gasteiger charge is 2.12. The van der Waals surface area contributed by atoms with Gasteiger partial charge in [-0.2, -0.15) is 5.10 Å². The molecule has 1 heterocycles. The number of benzene rings is 2. The molecule has 0 unspecified atom stereocenters. The minimum absolute atomic E-state index is 0.151. The first kappa shape index (κ1) is 20.8. The number of carbonyl (C=O) groups excluding carboxylic acids is 1. The fraction of sp³-hybridized carbons (Fsp3) is 0.100. The predicted octanol–water partition coefficient (Wildman–Crippen LogP) is 3.38. The van der Waals surface area contributed by atoms with Gasteiger partial charge in [-0.05, 0) is 35.9 Å². The second-order valence-corrected chi connectivity index (χ2v) is 8.44. The van der Waals surface area contributed by atoms with Gasteiger partial charge in [0.1, 0.15) is 0 Å². The average Bonchev–Trinajstić information content (AvgIpc) is 3.18. The van der Waals surface area contributed by atoms with Crippen LogP contribution < -0.4 is 10.0 Å². The van der Waals surface area contributed by atoms with Crippen molar-refractivity contribution in [1.29, 1.82) is 0 Å². The van der Waals surface area contributed by atoms with Crippen molar-refractivity contribution in [3.8, 4) is 5.69 Å². The molecule has 150 valence electrons. The Bertz CT molecular complexity index is 1120. The normalized spacial score (nSPS) is 11.2. The standard InChI is InChI=1S/C20H19ClN4O3S/c1-2-10-23-29(27,28)14-15-6-8-18(9-7-15)24-20(26)16-12-22-25(13-16)19-5-3-4-17(21)11-19/h2-9,11-13,23H,1,10,14H2,(H,24,26). The van der Waals surface area contributed by atoms with Crippen LogP contribution in [0, 0.1) is 0 Å². The van der Waals surface area contributed by atoms with Crippen molar-refractivity contribution < 1.29 is 13.2 Å². The molecule has 1 aromatic heterocycles. The summed E-state index contributed by atoms with van der Waals surface area (Å²) in [6, 6.07) is 13.7. The van der Waals surface area contributed by atoms with Gasteiger partial charge in [-0.15, -0.1) is 6.58 Å². The molecule has 3 rings (SSSR count). The fourth-order valence-corrected chi connectivity index (χ4v) is 3.83. The maximum absolute atomic E-state index is 12.5. The Balaban J connectivity index is 1.65. The number of sulfonamides is 1. The summed E-state index contributed by atoms with van der Waals surface area (Å²) in [6.45, 7) is 3.66. The van der Waals surface area contributed by atoms with Gasteiger partial charge in [-0.3, -0.25) is 4.79 Å². The lowest BCUT2D eigenvalue weighted by Crippen LogP contribution is -2.25. The number of aromatic nitrogens is 2. The lowest BCUT2D eigenvalue weighted by molar-refractivity contribution is 0.102. The number of rotatable bonds is 8. The van der Waals surface area contributed by atoms with Gasteiger partial charge in [-0.25, -0.2) is 17.8 Å². The van der Waals surface area contributed by atoms with Crippen LogP contribution in [0.2, 0.25) is 5.02 Å². The minimum Gasteiger partial charge on any atom is -0.322 e. The number of halogens is 1. The third-order valence-electron chi connectivity index (χ3n) is 3.93. The van der Waals surface area contributed by atoms with Gasteiger partial charge in [0.25, 0.3) is 5.91 Å². The molecule has 7 nitrogen and oxygen atoms in total. The summed E-state index contributed by atoms with van der Waals surface area (Å²) in [5, 5.41) is 7.52. The number of carbonyl (C=O) groups is 1. The van der Waals surface area contributed by atoms with Gasteiger partial charge < -0.3 is 5.32 Å². The molecule has 0 aliphatic rings. The number of hydrogen-bond donors (Lipinski definition) is 2. The van der Waals surface area contributed by atoms with Gasteiger partial charge in [0.2, 0.25) is 10.0 Å². The van der Waals surface area contributed by atoms with Crippen LogP contribution >= 0.6 is 11.6 Å². The molecular formula is C20H19ClN4O3S. The van der Waals surface area contributed by atoms with E-state index >= 15 is 0 Å². The second kappa shape index (κ2) is 9.04. The number of hydrogen-bond acceptors (Lipinski definition) is 4. The van der Waals surface area contributed by atoms with Crippen molar-refractivity contribution in [3.63, 3.8) is 0 Å². The molecule has 0 aliphatic carbocycles. The van der Waals surface area contributed by atoms with Crippen LogP contribution in [-0.4, -0.2) is 30.7 Å². The second-order valence-electron chi connectivity index (χ2n) is 6.20. The van der Waals surface area contributed by atoms with Gasteiger partial charge in [0.05, 0.1) is 23.2 Å². The van der Waals surface area contributed by atoms with Crippen molar-refractivity contribution in [3.05, 3.63) is 89.7 Å². The molecule has 0 atom stereocenters. The third kappa shape index (κ3) is 5.77. The Morgan fingerprint density at radius 3 is 2.66 bits per heavy atom. The third-order valence-corrected chi connectivity index (χ3v) is 5.49. The molecule has 9 heteroatoms. The molecule has 1 amide bonds. The molecular weight excluding hydrogens is 412 g/mol. The maximum Gasteiger partial charge on any atom is 0.258 e. The van der Waals surface area contributed by atoms with Crippen molar-refractivity contribution >= 4 is 33.2 Å². The first-order valence-electron chi connectivity index (χ1n) is 8.65. The summed E-state index contributed by atoms with van der Waals surface area (Å²) in [6.07, 6.45) is 4.54. The van der Waals surface area contributed by atoms with Crippen LogP contribution in [0.5, 0.6) is 0 Å². The van der Waals surface area contributed by atoms with Crippen molar-refractivity contribution in [1.82, 2.24) is 14.5 Å². The Morgan fingerprint density at radius 2 is 1.97 bits per heavy atom. The maximum atomic E-state index is 12.5. The highest BCUT2D eigenvalue weighted by atomic mass is 35.5. The summed E-state index contributed by atoms with van der Waals surface area (Å²) in [5.41, 5.74) is 2.27. The van der Waals surface area contributed by atoms with Gasteiger partial charge in [-0.1, -0.05) is 35.9 Å². The van der Waals surface area contributed by atoms with Crippen LogP contribution in [0.4, 0.5) is 5.69 Å². The molecule has 29 heavy (non-hydrogen) atoms. The van der Waals surface area contributed by atoms with E-state index in [0.717, 1.165) is 5.69 Å². The molecule has 0 fully saturated rings. The number of nitrogens with one attached hydrogen (secondary N) is 2. The molecule has 0 saturated carbocycles. The van der Waals surface area contributed by atoms with E-state index in [2.05, 4.69) is 21.7 Å². The minimum atomic E-state index is -3.43. The summed E-state index contributed by atoms with van der Waals surface area (Å²) < 4.78 is 27.8.